The lowest BCUT2D eigenvalue weighted by atomic mass is 10.1. The van der Waals surface area contributed by atoms with Gasteiger partial charge >= 0.3 is 6.61 Å². The van der Waals surface area contributed by atoms with Crippen LogP contribution in [-0.4, -0.2) is 37.9 Å². The highest BCUT2D eigenvalue weighted by Crippen LogP contribution is 2.38. The zero-order valence-electron chi connectivity index (χ0n) is 15.3. The predicted molar refractivity (Wildman–Crippen MR) is 113 cm³/mol. The van der Waals surface area contributed by atoms with Crippen LogP contribution in [0.25, 0.3) is 0 Å². The van der Waals surface area contributed by atoms with E-state index in [2.05, 4.69) is 25.3 Å². The van der Waals surface area contributed by atoms with Crippen LogP contribution in [0.15, 0.2) is 22.5 Å². The summed E-state index contributed by atoms with van der Waals surface area (Å²) in [5.41, 5.74) is 1.53. The molecule has 1 aromatic heterocycles. The van der Waals surface area contributed by atoms with E-state index in [1.807, 2.05) is 12.3 Å². The number of nitrogens with one attached hydrogen (secondary N) is 2. The summed E-state index contributed by atoms with van der Waals surface area (Å²) in [6, 6.07) is 3.03. The van der Waals surface area contributed by atoms with E-state index in [0.717, 1.165) is 17.1 Å². The molecular formula is C17H21F2IN4O3S. The topological polar surface area (TPSA) is 77.0 Å². The van der Waals surface area contributed by atoms with Gasteiger partial charge in [-0.2, -0.15) is 8.78 Å². The molecule has 0 saturated heterocycles. The Kier molecular flexibility index (Phi) is 8.48. The van der Waals surface area contributed by atoms with Crippen LogP contribution in [0.3, 0.4) is 0 Å². The number of fused-ring (bicyclic) bond motifs is 1. The molecule has 2 aromatic rings. The van der Waals surface area contributed by atoms with Gasteiger partial charge in [0.2, 0.25) is 6.79 Å². The molecule has 1 aliphatic rings. The Hall–Kier alpha value is -1.89. The summed E-state index contributed by atoms with van der Waals surface area (Å²) in [6.45, 7) is -0.0341. The van der Waals surface area contributed by atoms with Gasteiger partial charge in [0.1, 0.15) is 5.75 Å². The van der Waals surface area contributed by atoms with Gasteiger partial charge in [-0.1, -0.05) is 0 Å². The van der Waals surface area contributed by atoms with Crippen molar-refractivity contribution in [2.45, 2.75) is 26.5 Å². The summed E-state index contributed by atoms with van der Waals surface area (Å²) >= 11 is 1.61. The van der Waals surface area contributed by atoms with Gasteiger partial charge in [-0.15, -0.1) is 35.3 Å². The zero-order chi connectivity index (χ0) is 19.2. The fraction of sp³-hybridized carbons (Fsp3) is 0.412. The second-order valence-corrected chi connectivity index (χ2v) is 6.71. The van der Waals surface area contributed by atoms with Crippen LogP contribution in [0.2, 0.25) is 0 Å². The van der Waals surface area contributed by atoms with Crippen molar-refractivity contribution < 1.29 is 23.0 Å². The Bertz CT molecular complexity index is 820. The van der Waals surface area contributed by atoms with E-state index in [1.54, 1.807) is 24.5 Å². The first-order valence-electron chi connectivity index (χ1n) is 8.28. The Labute approximate surface area is 182 Å². The lowest BCUT2D eigenvalue weighted by Gasteiger charge is -2.15. The molecule has 3 rings (SSSR count). The van der Waals surface area contributed by atoms with E-state index < -0.39 is 6.61 Å². The average molecular weight is 526 g/mol. The molecule has 1 aromatic carbocycles. The van der Waals surface area contributed by atoms with Crippen LogP contribution >= 0.6 is 35.3 Å². The maximum Gasteiger partial charge on any atom is 0.387 e. The van der Waals surface area contributed by atoms with Gasteiger partial charge in [-0.05, 0) is 13.0 Å². The van der Waals surface area contributed by atoms with Gasteiger partial charge in [0, 0.05) is 43.6 Å². The quantitative estimate of drug-likeness (QED) is 0.328. The Balaban J connectivity index is 0.00000280. The maximum atomic E-state index is 12.7. The first-order valence-corrected chi connectivity index (χ1v) is 9.16. The van der Waals surface area contributed by atoms with Crippen LogP contribution in [0.4, 0.5) is 8.78 Å². The molecule has 0 atom stereocenters. The molecule has 2 N–H and O–H groups in total. The number of thiazole rings is 1. The Morgan fingerprint density at radius 2 is 2.07 bits per heavy atom. The maximum absolute atomic E-state index is 12.7. The molecule has 154 valence electrons. The highest BCUT2D eigenvalue weighted by Gasteiger charge is 2.20. The Morgan fingerprint density at radius 1 is 1.32 bits per heavy atom. The number of halogens is 3. The summed E-state index contributed by atoms with van der Waals surface area (Å²) in [5, 5.41) is 9.30. The summed E-state index contributed by atoms with van der Waals surface area (Å²) in [4.78, 5) is 8.54. The van der Waals surface area contributed by atoms with Crippen molar-refractivity contribution in [1.82, 2.24) is 15.6 Å². The minimum atomic E-state index is -2.93. The van der Waals surface area contributed by atoms with Gasteiger partial charge in [0.25, 0.3) is 0 Å². The Morgan fingerprint density at radius 3 is 2.71 bits per heavy atom. The standard InChI is InChI=1S/C17H20F2N4O3S.HI/c1-10-23-12(8-27-10)3-4-21-17(20-2)22-7-11-5-14-15(25-9-24-14)6-13(11)26-16(18)19;/h5-6,8,16H,3-4,7,9H2,1-2H3,(H2,20,21,22);1H. The van der Waals surface area contributed by atoms with E-state index in [4.69, 9.17) is 9.47 Å². The molecule has 28 heavy (non-hydrogen) atoms. The highest BCUT2D eigenvalue weighted by atomic mass is 127. The second-order valence-electron chi connectivity index (χ2n) is 5.65. The second kappa shape index (κ2) is 10.6. The normalized spacial score (nSPS) is 12.7. The summed E-state index contributed by atoms with van der Waals surface area (Å²) in [5.74, 6) is 1.46. The minimum Gasteiger partial charge on any atom is -0.454 e. The zero-order valence-corrected chi connectivity index (χ0v) is 18.5. The molecule has 0 unspecified atom stereocenters. The molecule has 0 radical (unpaired) electrons. The van der Waals surface area contributed by atoms with Crippen LogP contribution in [0.1, 0.15) is 16.3 Å². The van der Waals surface area contributed by atoms with Gasteiger partial charge < -0.3 is 24.8 Å². The number of aliphatic imine (C=N–C) groups is 1. The third-order valence-corrected chi connectivity index (χ3v) is 4.60. The smallest absolute Gasteiger partial charge is 0.387 e. The number of hydrogen-bond donors (Lipinski definition) is 2. The number of guanidine groups is 1. The molecular weight excluding hydrogens is 505 g/mol. The number of aromatic nitrogens is 1. The van der Waals surface area contributed by atoms with Crippen LogP contribution in [0, 0.1) is 6.92 Å². The van der Waals surface area contributed by atoms with Gasteiger partial charge in [0.05, 0.1) is 10.7 Å². The van der Waals surface area contributed by atoms with Gasteiger partial charge in [-0.25, -0.2) is 4.98 Å². The summed E-state index contributed by atoms with van der Waals surface area (Å²) in [6.07, 6.45) is 0.759. The number of benzene rings is 1. The van der Waals surface area contributed by atoms with Crippen molar-refractivity contribution in [3.63, 3.8) is 0 Å². The first-order chi connectivity index (χ1) is 13.0. The molecule has 0 aliphatic carbocycles. The van der Waals surface area contributed by atoms with E-state index in [-0.39, 0.29) is 43.1 Å². The van der Waals surface area contributed by atoms with Crippen molar-refractivity contribution >= 4 is 41.3 Å². The molecule has 7 nitrogen and oxygen atoms in total. The van der Waals surface area contributed by atoms with Gasteiger partial charge in [-0.3, -0.25) is 4.99 Å². The van der Waals surface area contributed by atoms with E-state index in [0.29, 0.717) is 29.6 Å². The number of ether oxygens (including phenoxy) is 3. The summed E-state index contributed by atoms with van der Waals surface area (Å²) < 4.78 is 40.5. The number of rotatable bonds is 7. The largest absolute Gasteiger partial charge is 0.454 e. The SMILES string of the molecule is CN=C(NCCc1csc(C)n1)NCc1cc2c(cc1OC(F)F)OCO2.I. The number of nitrogens with zero attached hydrogens (tertiary/aromatic N) is 2. The van der Waals surface area contributed by atoms with Crippen LogP contribution in [0.5, 0.6) is 17.2 Å². The van der Waals surface area contributed by atoms with E-state index >= 15 is 0 Å². The number of aryl methyl sites for hydroxylation is 1. The molecule has 0 spiro atoms. The van der Waals surface area contributed by atoms with Crippen molar-refractivity contribution in [2.75, 3.05) is 20.4 Å². The third-order valence-electron chi connectivity index (χ3n) is 3.78. The van der Waals surface area contributed by atoms with Crippen molar-refractivity contribution in [1.29, 1.82) is 0 Å². The first kappa shape index (κ1) is 22.4. The van der Waals surface area contributed by atoms with Crippen LogP contribution < -0.4 is 24.8 Å². The molecule has 0 amide bonds. The molecule has 0 fully saturated rings. The van der Waals surface area contributed by atoms with E-state index in [1.165, 1.54) is 6.07 Å². The minimum absolute atomic E-state index is 0. The molecule has 1 aliphatic heterocycles. The van der Waals surface area contributed by atoms with Crippen LogP contribution in [-0.2, 0) is 13.0 Å². The van der Waals surface area contributed by atoms with Gasteiger partial charge in [0.15, 0.2) is 17.5 Å². The lowest BCUT2D eigenvalue weighted by molar-refractivity contribution is -0.0505. The molecule has 0 bridgehead atoms. The fourth-order valence-corrected chi connectivity index (χ4v) is 3.19. The third kappa shape index (κ3) is 6.06. The lowest BCUT2D eigenvalue weighted by Crippen LogP contribution is -2.38. The average Bonchev–Trinajstić information content (AvgIpc) is 3.25. The van der Waals surface area contributed by atoms with Crippen molar-refractivity contribution in [2.24, 2.45) is 4.99 Å². The van der Waals surface area contributed by atoms with Crippen molar-refractivity contribution in [3.8, 4) is 17.2 Å². The number of alkyl halides is 2. The summed E-state index contributed by atoms with van der Waals surface area (Å²) in [7, 11) is 1.64. The molecule has 11 heteroatoms. The number of hydrogen-bond acceptors (Lipinski definition) is 6. The fourth-order valence-electron chi connectivity index (χ4n) is 2.54. The molecule has 0 saturated carbocycles. The predicted octanol–water partition coefficient (Wildman–Crippen LogP) is 3.31. The van der Waals surface area contributed by atoms with E-state index in [9.17, 15) is 8.78 Å². The molecule has 2 heterocycles. The monoisotopic (exact) mass is 526 g/mol. The highest BCUT2D eigenvalue weighted by molar-refractivity contribution is 14.0. The van der Waals surface area contributed by atoms with Crippen molar-refractivity contribution in [3.05, 3.63) is 33.8 Å².